The van der Waals surface area contributed by atoms with Crippen LogP contribution in [-0.4, -0.2) is 56.4 Å². The molecule has 170 valence electrons. The van der Waals surface area contributed by atoms with E-state index < -0.39 is 0 Å². The smallest absolute Gasteiger partial charge is 0.233 e. The summed E-state index contributed by atoms with van der Waals surface area (Å²) in [5.41, 5.74) is 1.20. The zero-order valence-corrected chi connectivity index (χ0v) is 19.7. The van der Waals surface area contributed by atoms with E-state index in [0.717, 1.165) is 42.1 Å². The second-order valence-corrected chi connectivity index (χ2v) is 9.30. The van der Waals surface area contributed by atoms with Crippen molar-refractivity contribution in [3.05, 3.63) is 65.4 Å². The molecular weight excluding hydrogens is 422 g/mol. The van der Waals surface area contributed by atoms with Gasteiger partial charge in [-0.15, -0.1) is 10.2 Å². The summed E-state index contributed by atoms with van der Waals surface area (Å²) in [7, 11) is 1.80. The molecule has 0 atom stereocenters. The Hall–Kier alpha value is -2.58. The average molecular weight is 454 g/mol. The molecule has 1 amide bonds. The van der Waals surface area contributed by atoms with Crippen LogP contribution in [0.15, 0.2) is 52.0 Å². The Balaban J connectivity index is 1.43. The lowest BCUT2D eigenvalue weighted by molar-refractivity contribution is -0.127. The molecule has 1 aliphatic heterocycles. The summed E-state index contributed by atoms with van der Waals surface area (Å²) in [4.78, 5) is 16.9. The van der Waals surface area contributed by atoms with Crippen LogP contribution >= 0.6 is 11.8 Å². The lowest BCUT2D eigenvalue weighted by atomic mass is 10.1. The summed E-state index contributed by atoms with van der Waals surface area (Å²) in [6.45, 7) is 6.08. The molecule has 0 bridgehead atoms. The van der Waals surface area contributed by atoms with E-state index in [1.807, 2.05) is 37.3 Å². The van der Waals surface area contributed by atoms with Gasteiger partial charge in [-0.05, 0) is 50.6 Å². The molecule has 8 heteroatoms. The largest absolute Gasteiger partial charge is 0.464 e. The number of carbonyl (C=O) groups excluding carboxylic acids is 1. The van der Waals surface area contributed by atoms with E-state index in [-0.39, 0.29) is 5.91 Å². The molecule has 3 heterocycles. The topological polar surface area (TPSA) is 67.4 Å². The summed E-state index contributed by atoms with van der Waals surface area (Å²) in [6, 6.07) is 14.2. The third-order valence-electron chi connectivity index (χ3n) is 5.73. The maximum absolute atomic E-state index is 12.7. The van der Waals surface area contributed by atoms with Crippen LogP contribution in [0.1, 0.15) is 42.2 Å². The zero-order chi connectivity index (χ0) is 22.3. The first-order valence-corrected chi connectivity index (χ1v) is 12.2. The normalized spacial score (nSPS) is 14.6. The molecule has 0 N–H and O–H groups in total. The van der Waals surface area contributed by atoms with Crippen LogP contribution in [-0.2, 0) is 24.4 Å². The van der Waals surface area contributed by atoms with Crippen LogP contribution in [0, 0.1) is 6.92 Å². The molecule has 1 aromatic carbocycles. The molecule has 1 saturated heterocycles. The second-order valence-electron chi connectivity index (χ2n) is 8.36. The van der Waals surface area contributed by atoms with E-state index in [1.54, 1.807) is 11.9 Å². The fraction of sp³-hybridized carbons (Fsp3) is 0.458. The van der Waals surface area contributed by atoms with Gasteiger partial charge in [0.25, 0.3) is 0 Å². The molecular formula is C24H31N5O2S. The highest BCUT2D eigenvalue weighted by molar-refractivity contribution is 7.99. The van der Waals surface area contributed by atoms with Crippen molar-refractivity contribution < 1.29 is 9.21 Å². The Kier molecular flexibility index (Phi) is 7.65. The van der Waals surface area contributed by atoms with Gasteiger partial charge in [-0.1, -0.05) is 48.5 Å². The van der Waals surface area contributed by atoms with E-state index in [0.29, 0.717) is 18.8 Å². The van der Waals surface area contributed by atoms with Crippen LogP contribution in [0.4, 0.5) is 0 Å². The van der Waals surface area contributed by atoms with E-state index in [2.05, 4.69) is 31.8 Å². The van der Waals surface area contributed by atoms with Crippen molar-refractivity contribution in [1.82, 2.24) is 24.6 Å². The molecule has 0 spiro atoms. The summed E-state index contributed by atoms with van der Waals surface area (Å²) < 4.78 is 7.76. The van der Waals surface area contributed by atoms with Crippen LogP contribution in [0.25, 0.3) is 0 Å². The first kappa shape index (κ1) is 22.6. The quantitative estimate of drug-likeness (QED) is 0.457. The molecule has 1 fully saturated rings. The van der Waals surface area contributed by atoms with E-state index in [1.165, 1.54) is 36.6 Å². The average Bonchev–Trinajstić information content (AvgIpc) is 3.39. The SMILES string of the molecule is Cc1ccc(CN(C)C(=O)CSc2nnc(CN3CCCCC3)n2Cc2ccccc2)o1. The van der Waals surface area contributed by atoms with Gasteiger partial charge in [-0.2, -0.15) is 0 Å². The lowest BCUT2D eigenvalue weighted by Gasteiger charge is -2.26. The zero-order valence-electron chi connectivity index (χ0n) is 18.9. The van der Waals surface area contributed by atoms with Crippen molar-refractivity contribution in [3.63, 3.8) is 0 Å². The number of aromatic nitrogens is 3. The number of carbonyl (C=O) groups is 1. The van der Waals surface area contributed by atoms with Crippen LogP contribution < -0.4 is 0 Å². The number of furan rings is 1. The number of rotatable bonds is 9. The van der Waals surface area contributed by atoms with Gasteiger partial charge in [0.2, 0.25) is 5.91 Å². The molecule has 3 aromatic rings. The van der Waals surface area contributed by atoms with Crippen molar-refractivity contribution in [2.75, 3.05) is 25.9 Å². The van der Waals surface area contributed by atoms with Crippen molar-refractivity contribution in [3.8, 4) is 0 Å². The number of likely N-dealkylation sites (tertiary alicyclic amines) is 1. The predicted molar refractivity (Wildman–Crippen MR) is 125 cm³/mol. The van der Waals surface area contributed by atoms with Gasteiger partial charge in [0.15, 0.2) is 5.16 Å². The standard InChI is InChI=1S/C24H31N5O2S/c1-19-11-12-21(31-19)16-27(2)23(30)18-32-24-26-25-22(17-28-13-7-4-8-14-28)29(24)15-20-9-5-3-6-10-20/h3,5-6,9-12H,4,7-8,13-18H2,1-2H3. The fourth-order valence-electron chi connectivity index (χ4n) is 3.91. The van der Waals surface area contributed by atoms with Crippen molar-refractivity contribution in [2.24, 2.45) is 0 Å². The first-order valence-electron chi connectivity index (χ1n) is 11.2. The first-order chi connectivity index (χ1) is 15.6. The molecule has 1 aliphatic rings. The molecule has 0 unspecified atom stereocenters. The third kappa shape index (κ3) is 6.01. The van der Waals surface area contributed by atoms with Crippen molar-refractivity contribution in [2.45, 2.75) is 51.0 Å². The minimum atomic E-state index is 0.0379. The highest BCUT2D eigenvalue weighted by atomic mass is 32.2. The van der Waals surface area contributed by atoms with Crippen LogP contribution in [0.3, 0.4) is 0 Å². The Morgan fingerprint density at radius 1 is 1.06 bits per heavy atom. The number of hydrogen-bond donors (Lipinski definition) is 0. The van der Waals surface area contributed by atoms with Gasteiger partial charge in [0.1, 0.15) is 17.3 Å². The van der Waals surface area contributed by atoms with Gasteiger partial charge < -0.3 is 13.9 Å². The Morgan fingerprint density at radius 2 is 1.84 bits per heavy atom. The third-order valence-corrected chi connectivity index (χ3v) is 6.68. The summed E-state index contributed by atoms with van der Waals surface area (Å²) >= 11 is 1.45. The highest BCUT2D eigenvalue weighted by Gasteiger charge is 2.19. The molecule has 2 aromatic heterocycles. The number of nitrogens with zero attached hydrogens (tertiary/aromatic N) is 5. The highest BCUT2D eigenvalue weighted by Crippen LogP contribution is 2.22. The minimum absolute atomic E-state index is 0.0379. The van der Waals surface area contributed by atoms with Gasteiger partial charge in [0.05, 0.1) is 25.4 Å². The molecule has 32 heavy (non-hydrogen) atoms. The van der Waals surface area contributed by atoms with E-state index in [4.69, 9.17) is 4.42 Å². The van der Waals surface area contributed by atoms with Gasteiger partial charge in [0, 0.05) is 7.05 Å². The molecule has 7 nitrogen and oxygen atoms in total. The number of thioether (sulfide) groups is 1. The number of amides is 1. The van der Waals surface area contributed by atoms with Gasteiger partial charge in [-0.25, -0.2) is 0 Å². The molecule has 0 aliphatic carbocycles. The Bertz CT molecular complexity index is 1010. The summed E-state index contributed by atoms with van der Waals surface area (Å²) in [5, 5.41) is 9.76. The monoisotopic (exact) mass is 453 g/mol. The Morgan fingerprint density at radius 3 is 2.56 bits per heavy atom. The van der Waals surface area contributed by atoms with Crippen LogP contribution in [0.2, 0.25) is 0 Å². The second kappa shape index (κ2) is 10.8. The predicted octanol–water partition coefficient (Wildman–Crippen LogP) is 3.96. The summed E-state index contributed by atoms with van der Waals surface area (Å²) in [5.74, 6) is 2.96. The molecule has 0 saturated carbocycles. The summed E-state index contributed by atoms with van der Waals surface area (Å²) in [6.07, 6.45) is 3.79. The van der Waals surface area contributed by atoms with E-state index >= 15 is 0 Å². The Labute approximate surface area is 193 Å². The van der Waals surface area contributed by atoms with Crippen molar-refractivity contribution >= 4 is 17.7 Å². The van der Waals surface area contributed by atoms with Crippen LogP contribution in [0.5, 0.6) is 0 Å². The van der Waals surface area contributed by atoms with E-state index in [9.17, 15) is 4.79 Å². The number of piperidine rings is 1. The maximum atomic E-state index is 12.7. The maximum Gasteiger partial charge on any atom is 0.233 e. The fourth-order valence-corrected chi connectivity index (χ4v) is 4.81. The lowest BCUT2D eigenvalue weighted by Crippen LogP contribution is -2.30. The number of hydrogen-bond acceptors (Lipinski definition) is 6. The number of benzene rings is 1. The van der Waals surface area contributed by atoms with Crippen molar-refractivity contribution in [1.29, 1.82) is 0 Å². The molecule has 4 rings (SSSR count). The van der Waals surface area contributed by atoms with Gasteiger partial charge >= 0.3 is 0 Å². The minimum Gasteiger partial charge on any atom is -0.464 e. The number of aryl methyl sites for hydroxylation is 1. The molecule has 0 radical (unpaired) electrons. The van der Waals surface area contributed by atoms with Gasteiger partial charge in [-0.3, -0.25) is 9.69 Å².